The summed E-state index contributed by atoms with van der Waals surface area (Å²) in [5, 5.41) is 8.66. The lowest BCUT2D eigenvalue weighted by Crippen LogP contribution is -2.31. The maximum Gasteiger partial charge on any atom is 0.263 e. The number of carbonyl (C=O) groups is 1. The zero-order valence-electron chi connectivity index (χ0n) is 11.6. The van der Waals surface area contributed by atoms with Gasteiger partial charge in [-0.1, -0.05) is 25.2 Å². The fourth-order valence-electron chi connectivity index (χ4n) is 1.63. The number of aliphatic hydroxyl groups is 1. The molecule has 0 aliphatic carbocycles. The molecule has 0 spiro atoms. The van der Waals surface area contributed by atoms with Crippen molar-refractivity contribution in [2.45, 2.75) is 33.1 Å². The van der Waals surface area contributed by atoms with Crippen LogP contribution in [0.25, 0.3) is 0 Å². The minimum atomic E-state index is 0.0742. The maximum absolute atomic E-state index is 12.3. The Morgan fingerprint density at radius 3 is 2.84 bits per heavy atom. The van der Waals surface area contributed by atoms with Crippen LogP contribution in [0.5, 0.6) is 0 Å². The number of amides is 1. The van der Waals surface area contributed by atoms with E-state index in [0.717, 1.165) is 35.7 Å². The summed E-state index contributed by atoms with van der Waals surface area (Å²) in [5.41, 5.74) is 0. The third-order valence-electron chi connectivity index (χ3n) is 2.72. The molecule has 0 bridgehead atoms. The second-order valence-electron chi connectivity index (χ2n) is 4.18. The highest BCUT2D eigenvalue weighted by atomic mass is 32.1. The molecule has 1 rings (SSSR count). The van der Waals surface area contributed by atoms with Gasteiger partial charge in [-0.15, -0.1) is 11.3 Å². The average molecular weight is 279 g/mol. The third kappa shape index (κ3) is 5.06. The van der Waals surface area contributed by atoms with E-state index in [1.165, 1.54) is 11.3 Å². The fourth-order valence-corrected chi connectivity index (χ4v) is 2.48. The number of hydrogen-bond donors (Lipinski definition) is 1. The average Bonchev–Trinajstić information content (AvgIpc) is 2.88. The zero-order valence-corrected chi connectivity index (χ0v) is 12.4. The fraction of sp³-hybridized carbons (Fsp3) is 0.533. The molecule has 0 fully saturated rings. The van der Waals surface area contributed by atoms with Crippen molar-refractivity contribution >= 4 is 17.2 Å². The quantitative estimate of drug-likeness (QED) is 0.813. The van der Waals surface area contributed by atoms with Crippen LogP contribution in [-0.4, -0.2) is 35.6 Å². The lowest BCUT2D eigenvalue weighted by atomic mass is 10.3. The molecule has 1 aromatic heterocycles. The first-order valence-corrected chi connectivity index (χ1v) is 7.53. The van der Waals surface area contributed by atoms with E-state index in [2.05, 4.69) is 18.8 Å². The van der Waals surface area contributed by atoms with Crippen LogP contribution >= 0.6 is 11.3 Å². The van der Waals surface area contributed by atoms with Gasteiger partial charge in [0.15, 0.2) is 0 Å². The molecule has 0 saturated carbocycles. The first kappa shape index (κ1) is 15.7. The smallest absolute Gasteiger partial charge is 0.263 e. The molecule has 4 heteroatoms. The van der Waals surface area contributed by atoms with Crippen LogP contribution in [-0.2, 0) is 0 Å². The molecule has 0 saturated heterocycles. The van der Waals surface area contributed by atoms with Gasteiger partial charge in [-0.2, -0.15) is 0 Å². The molecule has 0 unspecified atom stereocenters. The van der Waals surface area contributed by atoms with Crippen LogP contribution in [0.15, 0.2) is 12.1 Å². The predicted molar refractivity (Wildman–Crippen MR) is 79.4 cm³/mol. The topological polar surface area (TPSA) is 40.5 Å². The van der Waals surface area contributed by atoms with Gasteiger partial charge in [0.25, 0.3) is 5.91 Å². The Morgan fingerprint density at radius 1 is 1.42 bits per heavy atom. The lowest BCUT2D eigenvalue weighted by Gasteiger charge is -2.19. The van der Waals surface area contributed by atoms with Crippen LogP contribution in [0, 0.1) is 11.8 Å². The highest BCUT2D eigenvalue weighted by molar-refractivity contribution is 7.14. The SMILES string of the molecule is CCCCN(CC)C(=O)c1ccc(C#CCCO)s1. The summed E-state index contributed by atoms with van der Waals surface area (Å²) in [5.74, 6) is 5.92. The molecule has 1 amide bonds. The second-order valence-corrected chi connectivity index (χ2v) is 5.26. The van der Waals surface area contributed by atoms with E-state index in [0.29, 0.717) is 6.42 Å². The summed E-state index contributed by atoms with van der Waals surface area (Å²) in [6.45, 7) is 5.75. The minimum absolute atomic E-state index is 0.0742. The van der Waals surface area contributed by atoms with Crippen molar-refractivity contribution in [3.8, 4) is 11.8 Å². The Bertz CT molecular complexity index is 456. The Balaban J connectivity index is 2.69. The summed E-state index contributed by atoms with van der Waals surface area (Å²) in [4.78, 5) is 15.8. The van der Waals surface area contributed by atoms with Crippen molar-refractivity contribution in [2.24, 2.45) is 0 Å². The van der Waals surface area contributed by atoms with Gasteiger partial charge in [0.05, 0.1) is 16.4 Å². The predicted octanol–water partition coefficient (Wildman–Crippen LogP) is 2.74. The molecule has 0 aliphatic rings. The number of hydrogen-bond acceptors (Lipinski definition) is 3. The Labute approximate surface area is 119 Å². The standard InChI is InChI=1S/C15H21NO2S/c1-3-5-11-16(4-2)15(18)14-10-9-13(19-14)8-6-7-12-17/h9-10,17H,3-5,7,11-12H2,1-2H3. The molecular formula is C15H21NO2S. The van der Waals surface area contributed by atoms with Gasteiger partial charge in [-0.25, -0.2) is 0 Å². The molecule has 1 heterocycles. The molecule has 1 N–H and O–H groups in total. The van der Waals surface area contributed by atoms with Gasteiger partial charge < -0.3 is 10.0 Å². The van der Waals surface area contributed by atoms with E-state index >= 15 is 0 Å². The summed E-state index contributed by atoms with van der Waals surface area (Å²) >= 11 is 1.42. The summed E-state index contributed by atoms with van der Waals surface area (Å²) in [6.07, 6.45) is 2.60. The first-order chi connectivity index (χ1) is 9.22. The number of unbranched alkanes of at least 4 members (excludes halogenated alkanes) is 1. The van der Waals surface area contributed by atoms with E-state index in [1.807, 2.05) is 24.0 Å². The van der Waals surface area contributed by atoms with Gasteiger partial charge in [0, 0.05) is 19.5 Å². The number of carbonyl (C=O) groups excluding carboxylic acids is 1. The Morgan fingerprint density at radius 2 is 2.21 bits per heavy atom. The van der Waals surface area contributed by atoms with Crippen molar-refractivity contribution < 1.29 is 9.90 Å². The van der Waals surface area contributed by atoms with Crippen LogP contribution < -0.4 is 0 Å². The van der Waals surface area contributed by atoms with E-state index in [1.54, 1.807) is 0 Å². The largest absolute Gasteiger partial charge is 0.395 e. The summed E-state index contributed by atoms with van der Waals surface area (Å²) in [7, 11) is 0. The number of nitrogens with zero attached hydrogens (tertiary/aromatic N) is 1. The first-order valence-electron chi connectivity index (χ1n) is 6.71. The molecule has 0 radical (unpaired) electrons. The van der Waals surface area contributed by atoms with Gasteiger partial charge in [-0.05, 0) is 25.5 Å². The highest BCUT2D eigenvalue weighted by Crippen LogP contribution is 2.18. The number of aliphatic hydroxyl groups excluding tert-OH is 1. The lowest BCUT2D eigenvalue weighted by molar-refractivity contribution is 0.0767. The second kappa shape index (κ2) is 8.73. The van der Waals surface area contributed by atoms with E-state index < -0.39 is 0 Å². The molecule has 19 heavy (non-hydrogen) atoms. The summed E-state index contributed by atoms with van der Waals surface area (Å²) < 4.78 is 0. The third-order valence-corrected chi connectivity index (χ3v) is 3.70. The van der Waals surface area contributed by atoms with Crippen molar-refractivity contribution in [1.29, 1.82) is 0 Å². The van der Waals surface area contributed by atoms with E-state index in [-0.39, 0.29) is 12.5 Å². The maximum atomic E-state index is 12.3. The molecule has 0 atom stereocenters. The molecule has 104 valence electrons. The molecule has 0 aromatic carbocycles. The summed E-state index contributed by atoms with van der Waals surface area (Å²) in [6, 6.07) is 3.71. The zero-order chi connectivity index (χ0) is 14.1. The van der Waals surface area contributed by atoms with Crippen LogP contribution in [0.3, 0.4) is 0 Å². The van der Waals surface area contributed by atoms with Gasteiger partial charge >= 0.3 is 0 Å². The molecule has 0 aliphatic heterocycles. The van der Waals surface area contributed by atoms with Crippen molar-refractivity contribution in [1.82, 2.24) is 4.90 Å². The van der Waals surface area contributed by atoms with E-state index in [4.69, 9.17) is 5.11 Å². The van der Waals surface area contributed by atoms with E-state index in [9.17, 15) is 4.79 Å². The normalized spacial score (nSPS) is 9.84. The highest BCUT2D eigenvalue weighted by Gasteiger charge is 2.15. The van der Waals surface area contributed by atoms with Gasteiger partial charge in [-0.3, -0.25) is 4.79 Å². The molecule has 1 aromatic rings. The van der Waals surface area contributed by atoms with Crippen molar-refractivity contribution in [2.75, 3.05) is 19.7 Å². The molecule has 3 nitrogen and oxygen atoms in total. The van der Waals surface area contributed by atoms with Gasteiger partial charge in [0.2, 0.25) is 0 Å². The minimum Gasteiger partial charge on any atom is -0.395 e. The Kier molecular flexibility index (Phi) is 7.24. The monoisotopic (exact) mass is 279 g/mol. The number of thiophene rings is 1. The van der Waals surface area contributed by atoms with Crippen molar-refractivity contribution in [3.05, 3.63) is 21.9 Å². The van der Waals surface area contributed by atoms with Crippen LogP contribution in [0.4, 0.5) is 0 Å². The van der Waals surface area contributed by atoms with Crippen molar-refractivity contribution in [3.63, 3.8) is 0 Å². The van der Waals surface area contributed by atoms with Crippen LogP contribution in [0.2, 0.25) is 0 Å². The molecular weight excluding hydrogens is 258 g/mol. The Hall–Kier alpha value is -1.31. The number of rotatable bonds is 6. The van der Waals surface area contributed by atoms with Gasteiger partial charge in [0.1, 0.15) is 0 Å². The van der Waals surface area contributed by atoms with Crippen LogP contribution in [0.1, 0.15) is 47.7 Å².